The third-order valence-electron chi connectivity index (χ3n) is 2.99. The van der Waals surface area contributed by atoms with E-state index in [1.807, 2.05) is 6.92 Å². The van der Waals surface area contributed by atoms with Crippen LogP contribution < -0.4 is 5.32 Å². The molecule has 1 rings (SSSR count). The molecule has 0 bridgehead atoms. The predicted molar refractivity (Wildman–Crippen MR) is 78.5 cm³/mol. The van der Waals surface area contributed by atoms with Gasteiger partial charge in [-0.15, -0.1) is 0 Å². The molecule has 1 atom stereocenters. The minimum absolute atomic E-state index is 0.372. The molecule has 0 saturated carbocycles. The fraction of sp³-hybridized carbons (Fsp3) is 0.800. The Hall–Kier alpha value is -0.910. The van der Waals surface area contributed by atoms with Crippen LogP contribution in [0.2, 0.25) is 0 Å². The molecule has 0 spiro atoms. The predicted octanol–water partition coefficient (Wildman–Crippen LogP) is 2.14. The van der Waals surface area contributed by atoms with Gasteiger partial charge in [0.2, 0.25) is 5.89 Å². The number of rotatable bonds is 11. The molecular formula is C15H28N2O3. The first-order valence-corrected chi connectivity index (χ1v) is 7.52. The maximum atomic E-state index is 9.75. The summed E-state index contributed by atoms with van der Waals surface area (Å²) in [5.41, 5.74) is 0. The van der Waals surface area contributed by atoms with Crippen LogP contribution in [-0.2, 0) is 17.7 Å². The molecule has 2 N–H and O–H groups in total. The molecule has 1 heterocycles. The highest BCUT2D eigenvalue weighted by molar-refractivity contribution is 4.93. The number of aliphatic hydroxyl groups is 1. The van der Waals surface area contributed by atoms with Crippen molar-refractivity contribution >= 4 is 0 Å². The molecule has 0 aliphatic carbocycles. The van der Waals surface area contributed by atoms with Gasteiger partial charge in [0.05, 0.1) is 25.5 Å². The van der Waals surface area contributed by atoms with E-state index in [0.717, 1.165) is 31.6 Å². The molecule has 20 heavy (non-hydrogen) atoms. The quantitative estimate of drug-likeness (QED) is 0.609. The number of aliphatic hydroxyl groups excluding tert-OH is 1. The Bertz CT molecular complexity index is 353. The van der Waals surface area contributed by atoms with Gasteiger partial charge >= 0.3 is 0 Å². The Labute approximate surface area is 121 Å². The molecule has 0 radical (unpaired) electrons. The number of nitrogens with zero attached hydrogens (tertiary/aromatic N) is 1. The van der Waals surface area contributed by atoms with Crippen LogP contribution in [0.5, 0.6) is 0 Å². The molecule has 5 nitrogen and oxygen atoms in total. The van der Waals surface area contributed by atoms with Crippen molar-refractivity contribution in [1.82, 2.24) is 10.3 Å². The van der Waals surface area contributed by atoms with Crippen molar-refractivity contribution in [2.45, 2.75) is 52.7 Å². The van der Waals surface area contributed by atoms with Crippen molar-refractivity contribution in [2.75, 3.05) is 19.8 Å². The van der Waals surface area contributed by atoms with E-state index in [0.29, 0.717) is 31.5 Å². The fourth-order valence-electron chi connectivity index (χ4n) is 1.81. The number of hydrogen-bond acceptors (Lipinski definition) is 5. The third-order valence-corrected chi connectivity index (χ3v) is 2.99. The summed E-state index contributed by atoms with van der Waals surface area (Å²) >= 11 is 0. The molecule has 0 aromatic carbocycles. The van der Waals surface area contributed by atoms with Gasteiger partial charge in [0.1, 0.15) is 5.76 Å². The second-order valence-electron chi connectivity index (χ2n) is 5.47. The minimum Gasteiger partial charge on any atom is -0.444 e. The zero-order valence-electron chi connectivity index (χ0n) is 12.9. The summed E-state index contributed by atoms with van der Waals surface area (Å²) in [4.78, 5) is 4.14. The van der Waals surface area contributed by atoms with E-state index in [9.17, 15) is 5.11 Å². The summed E-state index contributed by atoms with van der Waals surface area (Å²) in [5, 5.41) is 12.9. The lowest BCUT2D eigenvalue weighted by Gasteiger charge is -2.12. The van der Waals surface area contributed by atoms with Gasteiger partial charge in [-0.2, -0.15) is 0 Å². The van der Waals surface area contributed by atoms with Gasteiger partial charge in [0.15, 0.2) is 0 Å². The molecular weight excluding hydrogens is 256 g/mol. The first-order chi connectivity index (χ1) is 9.61. The molecule has 0 aliphatic rings. The Balaban J connectivity index is 2.01. The summed E-state index contributed by atoms with van der Waals surface area (Å²) in [6, 6.07) is 0. The third kappa shape index (κ3) is 7.62. The highest BCUT2D eigenvalue weighted by Gasteiger charge is 2.06. The Morgan fingerprint density at radius 3 is 2.90 bits per heavy atom. The average Bonchev–Trinajstić information content (AvgIpc) is 2.86. The van der Waals surface area contributed by atoms with E-state index in [1.54, 1.807) is 6.20 Å². The van der Waals surface area contributed by atoms with E-state index in [-0.39, 0.29) is 0 Å². The van der Waals surface area contributed by atoms with Gasteiger partial charge in [0, 0.05) is 19.6 Å². The van der Waals surface area contributed by atoms with Crippen molar-refractivity contribution < 1.29 is 14.3 Å². The lowest BCUT2D eigenvalue weighted by molar-refractivity contribution is 0.0344. The molecule has 1 unspecified atom stereocenters. The van der Waals surface area contributed by atoms with Gasteiger partial charge in [0.25, 0.3) is 0 Å². The van der Waals surface area contributed by atoms with Crippen LogP contribution in [0, 0.1) is 5.92 Å². The van der Waals surface area contributed by atoms with Gasteiger partial charge < -0.3 is 19.6 Å². The first kappa shape index (κ1) is 17.1. The zero-order valence-corrected chi connectivity index (χ0v) is 12.9. The number of nitrogens with one attached hydrogen (secondary N) is 1. The molecule has 116 valence electrons. The van der Waals surface area contributed by atoms with E-state index < -0.39 is 6.10 Å². The Morgan fingerprint density at radius 2 is 2.25 bits per heavy atom. The van der Waals surface area contributed by atoms with Crippen molar-refractivity contribution in [1.29, 1.82) is 0 Å². The molecule has 0 amide bonds. The Kier molecular flexibility index (Phi) is 8.49. The smallest absolute Gasteiger partial charge is 0.208 e. The number of ether oxygens (including phenoxy) is 1. The normalized spacial score (nSPS) is 13.1. The van der Waals surface area contributed by atoms with Crippen molar-refractivity contribution in [3.8, 4) is 0 Å². The average molecular weight is 284 g/mol. The highest BCUT2D eigenvalue weighted by Crippen LogP contribution is 2.04. The lowest BCUT2D eigenvalue weighted by Crippen LogP contribution is -2.30. The summed E-state index contributed by atoms with van der Waals surface area (Å²) in [5.74, 6) is 2.25. The second kappa shape index (κ2) is 9.91. The van der Waals surface area contributed by atoms with Crippen molar-refractivity contribution in [3.63, 3.8) is 0 Å². The Morgan fingerprint density at radius 1 is 1.45 bits per heavy atom. The van der Waals surface area contributed by atoms with Crippen LogP contribution in [0.1, 0.15) is 45.3 Å². The van der Waals surface area contributed by atoms with Crippen LogP contribution in [0.25, 0.3) is 0 Å². The summed E-state index contributed by atoms with van der Waals surface area (Å²) in [7, 11) is 0. The number of aromatic nitrogens is 1. The largest absolute Gasteiger partial charge is 0.444 e. The van der Waals surface area contributed by atoms with E-state index in [2.05, 4.69) is 24.1 Å². The van der Waals surface area contributed by atoms with E-state index >= 15 is 0 Å². The molecule has 5 heteroatoms. The maximum absolute atomic E-state index is 9.75. The zero-order chi connectivity index (χ0) is 14.8. The van der Waals surface area contributed by atoms with Crippen LogP contribution in [0.3, 0.4) is 0 Å². The van der Waals surface area contributed by atoms with Gasteiger partial charge in [-0.05, 0) is 18.8 Å². The fourth-order valence-corrected chi connectivity index (χ4v) is 1.81. The maximum Gasteiger partial charge on any atom is 0.208 e. The molecule has 0 saturated heterocycles. The first-order valence-electron chi connectivity index (χ1n) is 7.52. The molecule has 1 aromatic heterocycles. The number of aryl methyl sites for hydroxylation is 1. The standard InChI is InChI=1S/C15H28N2O3/c1-4-14-9-17-15(20-14)10-16-8-13(18)11-19-7-5-6-12(2)3/h9,12-13,16,18H,4-8,10-11H2,1-3H3. The second-order valence-corrected chi connectivity index (χ2v) is 5.47. The molecule has 0 fully saturated rings. The monoisotopic (exact) mass is 284 g/mol. The number of hydrogen-bond donors (Lipinski definition) is 2. The molecule has 0 aliphatic heterocycles. The van der Waals surface area contributed by atoms with Crippen molar-refractivity contribution in [2.24, 2.45) is 5.92 Å². The topological polar surface area (TPSA) is 67.5 Å². The lowest BCUT2D eigenvalue weighted by atomic mass is 10.1. The number of oxazole rings is 1. The molecule has 1 aromatic rings. The van der Waals surface area contributed by atoms with Crippen LogP contribution in [0.4, 0.5) is 0 Å². The van der Waals surface area contributed by atoms with E-state index in [4.69, 9.17) is 9.15 Å². The summed E-state index contributed by atoms with van der Waals surface area (Å²) in [6.07, 6.45) is 4.31. The van der Waals surface area contributed by atoms with Gasteiger partial charge in [-0.25, -0.2) is 4.98 Å². The van der Waals surface area contributed by atoms with Gasteiger partial charge in [-0.1, -0.05) is 20.8 Å². The van der Waals surface area contributed by atoms with Gasteiger partial charge in [-0.3, -0.25) is 0 Å². The summed E-state index contributed by atoms with van der Waals surface area (Å²) in [6.45, 7) is 8.53. The van der Waals surface area contributed by atoms with E-state index in [1.165, 1.54) is 0 Å². The van der Waals surface area contributed by atoms with Crippen LogP contribution in [0.15, 0.2) is 10.6 Å². The minimum atomic E-state index is -0.491. The highest BCUT2D eigenvalue weighted by atomic mass is 16.5. The van der Waals surface area contributed by atoms with Crippen LogP contribution >= 0.6 is 0 Å². The SMILES string of the molecule is CCc1cnc(CNCC(O)COCCCC(C)C)o1. The summed E-state index contributed by atoms with van der Waals surface area (Å²) < 4.78 is 10.9. The van der Waals surface area contributed by atoms with Crippen molar-refractivity contribution in [3.05, 3.63) is 17.8 Å². The van der Waals surface area contributed by atoms with Crippen LogP contribution in [-0.4, -0.2) is 36.0 Å².